The number of carbonyl (C=O) groups excluding carboxylic acids is 3. The van der Waals surface area contributed by atoms with Gasteiger partial charge in [0.05, 0.1) is 6.54 Å². The summed E-state index contributed by atoms with van der Waals surface area (Å²) < 4.78 is 0. The number of imide groups is 1. The maximum absolute atomic E-state index is 12.2. The van der Waals surface area contributed by atoms with E-state index >= 15 is 0 Å². The zero-order valence-corrected chi connectivity index (χ0v) is 13.9. The van der Waals surface area contributed by atoms with E-state index < -0.39 is 11.6 Å². The number of likely N-dealkylation sites (tertiary alicyclic amines) is 1. The lowest BCUT2D eigenvalue weighted by Crippen LogP contribution is -2.56. The molecule has 0 unspecified atom stereocenters. The lowest BCUT2D eigenvalue weighted by Gasteiger charge is -2.39. The fraction of sp³-hybridized carbons (Fsp3) is 0.812. The molecule has 0 bridgehead atoms. The molecule has 7 nitrogen and oxygen atoms in total. The summed E-state index contributed by atoms with van der Waals surface area (Å²) in [7, 11) is 0. The summed E-state index contributed by atoms with van der Waals surface area (Å²) in [5, 5.41) is 8.14. The van der Waals surface area contributed by atoms with E-state index in [1.807, 2.05) is 0 Å². The fourth-order valence-electron chi connectivity index (χ4n) is 3.73. The molecule has 1 aliphatic carbocycles. The number of piperidine rings is 1. The minimum atomic E-state index is -0.868. The topological polar surface area (TPSA) is 90.5 Å². The van der Waals surface area contributed by atoms with Gasteiger partial charge in [0, 0.05) is 18.5 Å². The minimum absolute atomic E-state index is 0.0244. The fourth-order valence-corrected chi connectivity index (χ4v) is 3.73. The maximum Gasteiger partial charge on any atom is 0.322 e. The molecule has 2 heterocycles. The Hall–Kier alpha value is -1.63. The summed E-state index contributed by atoms with van der Waals surface area (Å²) in [5.74, 6) is 0.456. The van der Waals surface area contributed by atoms with Gasteiger partial charge in [-0.25, -0.2) is 4.79 Å². The first-order valence-corrected chi connectivity index (χ1v) is 8.54. The van der Waals surface area contributed by atoms with Gasteiger partial charge in [0.1, 0.15) is 5.54 Å². The number of urea groups is 1. The minimum Gasteiger partial charge on any atom is -0.352 e. The quantitative estimate of drug-likeness (QED) is 0.631. The number of rotatable bonds is 5. The van der Waals surface area contributed by atoms with Gasteiger partial charge in [-0.15, -0.1) is 0 Å². The van der Waals surface area contributed by atoms with Crippen LogP contribution in [0.15, 0.2) is 0 Å². The largest absolute Gasteiger partial charge is 0.352 e. The van der Waals surface area contributed by atoms with Crippen LogP contribution in [0.3, 0.4) is 0 Å². The predicted octanol–water partition coefficient (Wildman–Crippen LogP) is 0.211. The van der Waals surface area contributed by atoms with Crippen molar-refractivity contribution in [3.05, 3.63) is 0 Å². The molecule has 7 heteroatoms. The lowest BCUT2D eigenvalue weighted by molar-refractivity contribution is -0.126. The molecule has 2 saturated heterocycles. The molecular weight excluding hydrogens is 296 g/mol. The molecule has 0 aromatic heterocycles. The number of hydrogen-bond acceptors (Lipinski definition) is 4. The number of amides is 4. The molecule has 3 fully saturated rings. The first-order valence-electron chi connectivity index (χ1n) is 8.54. The van der Waals surface area contributed by atoms with Crippen LogP contribution in [0.2, 0.25) is 0 Å². The van der Waals surface area contributed by atoms with Crippen molar-refractivity contribution in [2.75, 3.05) is 19.6 Å². The molecule has 3 aliphatic rings. The van der Waals surface area contributed by atoms with Crippen LogP contribution in [0, 0.1) is 11.8 Å². The number of nitrogens with one attached hydrogen (secondary N) is 3. The van der Waals surface area contributed by atoms with Gasteiger partial charge in [-0.1, -0.05) is 0 Å². The van der Waals surface area contributed by atoms with Crippen molar-refractivity contribution < 1.29 is 14.4 Å². The molecular formula is C16H26N4O3. The second-order valence-corrected chi connectivity index (χ2v) is 7.38. The van der Waals surface area contributed by atoms with Crippen LogP contribution in [0.25, 0.3) is 0 Å². The number of nitrogens with zero attached hydrogens (tertiary/aromatic N) is 1. The number of carbonyl (C=O) groups is 3. The Morgan fingerprint density at radius 3 is 2.74 bits per heavy atom. The Morgan fingerprint density at radius 2 is 2.13 bits per heavy atom. The average molecular weight is 322 g/mol. The standard InChI is InChI=1S/C16H26N4O3/c1-10(11-5-6-11)17-13(21)9-20-7-3-4-12(8-20)16(2)14(22)18-15(23)19-16/h10-12H,3-9H2,1-2H3,(H,17,21)(H2,18,19,22,23)/t10-,12-,16+/m0/s1. The second kappa shape index (κ2) is 6.11. The molecule has 4 amide bonds. The molecule has 3 atom stereocenters. The summed E-state index contributed by atoms with van der Waals surface area (Å²) in [4.78, 5) is 37.8. The third-order valence-corrected chi connectivity index (χ3v) is 5.48. The molecule has 3 rings (SSSR count). The van der Waals surface area contributed by atoms with E-state index in [2.05, 4.69) is 27.8 Å². The number of hydrogen-bond donors (Lipinski definition) is 3. The third kappa shape index (κ3) is 3.49. The SMILES string of the molecule is C[C@H](NC(=O)CN1CCC[C@H]([C@@]2(C)NC(=O)NC2=O)C1)C1CC1. The van der Waals surface area contributed by atoms with Crippen molar-refractivity contribution in [2.45, 2.75) is 51.1 Å². The smallest absolute Gasteiger partial charge is 0.322 e. The van der Waals surface area contributed by atoms with Gasteiger partial charge in [-0.2, -0.15) is 0 Å². The van der Waals surface area contributed by atoms with Crippen molar-refractivity contribution >= 4 is 17.8 Å². The van der Waals surface area contributed by atoms with Crippen LogP contribution in [-0.2, 0) is 9.59 Å². The summed E-state index contributed by atoms with van der Waals surface area (Å²) in [6.45, 7) is 5.70. The lowest BCUT2D eigenvalue weighted by atomic mass is 9.80. The summed E-state index contributed by atoms with van der Waals surface area (Å²) in [5.41, 5.74) is -0.868. The van der Waals surface area contributed by atoms with E-state index in [1.54, 1.807) is 6.92 Å². The highest BCUT2D eigenvalue weighted by Gasteiger charge is 2.49. The Balaban J connectivity index is 1.54. The van der Waals surface area contributed by atoms with Crippen molar-refractivity contribution in [3.8, 4) is 0 Å². The Bertz CT molecular complexity index is 519. The molecule has 0 aromatic rings. The normalized spacial score (nSPS) is 33.0. The van der Waals surface area contributed by atoms with Crippen LogP contribution < -0.4 is 16.0 Å². The van der Waals surface area contributed by atoms with E-state index in [1.165, 1.54) is 12.8 Å². The zero-order valence-electron chi connectivity index (χ0n) is 13.9. The van der Waals surface area contributed by atoms with E-state index in [9.17, 15) is 14.4 Å². The van der Waals surface area contributed by atoms with E-state index in [-0.39, 0.29) is 23.8 Å². The second-order valence-electron chi connectivity index (χ2n) is 7.38. The summed E-state index contributed by atoms with van der Waals surface area (Å²) >= 11 is 0. The van der Waals surface area contributed by atoms with Gasteiger partial charge in [-0.05, 0) is 52.0 Å². The molecule has 3 N–H and O–H groups in total. The van der Waals surface area contributed by atoms with Crippen LogP contribution in [0.1, 0.15) is 39.5 Å². The van der Waals surface area contributed by atoms with Crippen molar-refractivity contribution in [1.29, 1.82) is 0 Å². The van der Waals surface area contributed by atoms with Gasteiger partial charge in [-0.3, -0.25) is 19.8 Å². The third-order valence-electron chi connectivity index (χ3n) is 5.48. The van der Waals surface area contributed by atoms with Gasteiger partial charge in [0.25, 0.3) is 5.91 Å². The molecule has 128 valence electrons. The Labute approximate surface area is 136 Å². The molecule has 2 aliphatic heterocycles. The summed E-state index contributed by atoms with van der Waals surface area (Å²) in [6.07, 6.45) is 4.22. The van der Waals surface area contributed by atoms with Crippen LogP contribution in [-0.4, -0.2) is 54.0 Å². The highest BCUT2D eigenvalue weighted by Crippen LogP contribution is 2.32. The monoisotopic (exact) mass is 322 g/mol. The zero-order chi connectivity index (χ0) is 16.6. The molecule has 0 spiro atoms. The van der Waals surface area contributed by atoms with Crippen molar-refractivity contribution in [3.63, 3.8) is 0 Å². The highest BCUT2D eigenvalue weighted by molar-refractivity contribution is 6.07. The van der Waals surface area contributed by atoms with E-state index in [4.69, 9.17) is 0 Å². The average Bonchev–Trinajstić information content (AvgIpc) is 3.27. The van der Waals surface area contributed by atoms with Gasteiger partial charge in [0.2, 0.25) is 5.91 Å². The molecule has 0 radical (unpaired) electrons. The first-order chi connectivity index (χ1) is 10.9. The molecule has 0 aromatic carbocycles. The van der Waals surface area contributed by atoms with Crippen LogP contribution >= 0.6 is 0 Å². The molecule has 23 heavy (non-hydrogen) atoms. The van der Waals surface area contributed by atoms with E-state index in [0.29, 0.717) is 19.0 Å². The predicted molar refractivity (Wildman–Crippen MR) is 84.6 cm³/mol. The maximum atomic E-state index is 12.2. The van der Waals surface area contributed by atoms with E-state index in [0.717, 1.165) is 19.4 Å². The van der Waals surface area contributed by atoms with Crippen LogP contribution in [0.4, 0.5) is 4.79 Å². The van der Waals surface area contributed by atoms with Crippen molar-refractivity contribution in [1.82, 2.24) is 20.9 Å². The van der Waals surface area contributed by atoms with Crippen LogP contribution in [0.5, 0.6) is 0 Å². The first kappa shape index (κ1) is 16.2. The Morgan fingerprint density at radius 1 is 1.39 bits per heavy atom. The van der Waals surface area contributed by atoms with Gasteiger partial charge < -0.3 is 10.6 Å². The Kier molecular flexibility index (Phi) is 4.31. The summed E-state index contributed by atoms with van der Waals surface area (Å²) in [6, 6.07) is -0.175. The van der Waals surface area contributed by atoms with Crippen molar-refractivity contribution in [2.24, 2.45) is 11.8 Å². The highest BCUT2D eigenvalue weighted by atomic mass is 16.2. The molecule has 1 saturated carbocycles. The van der Waals surface area contributed by atoms with Gasteiger partial charge in [0.15, 0.2) is 0 Å². The van der Waals surface area contributed by atoms with Gasteiger partial charge >= 0.3 is 6.03 Å².